The van der Waals surface area contributed by atoms with Crippen molar-refractivity contribution in [1.29, 1.82) is 0 Å². The van der Waals surface area contributed by atoms with Gasteiger partial charge in [0.2, 0.25) is 0 Å². The third kappa shape index (κ3) is 3.98. The third-order valence-corrected chi connectivity index (χ3v) is 3.59. The number of halogens is 1. The first-order valence-corrected chi connectivity index (χ1v) is 6.70. The van der Waals surface area contributed by atoms with Gasteiger partial charge in [0, 0.05) is 24.2 Å². The Labute approximate surface area is 108 Å². The maximum Gasteiger partial charge on any atom is 0.0506 e. The summed E-state index contributed by atoms with van der Waals surface area (Å²) in [4.78, 5) is 0. The fourth-order valence-electron chi connectivity index (χ4n) is 2.18. The summed E-state index contributed by atoms with van der Waals surface area (Å²) in [5.41, 5.74) is 1.28. The maximum atomic E-state index is 5.88. The summed E-state index contributed by atoms with van der Waals surface area (Å²) in [7, 11) is 0. The van der Waals surface area contributed by atoms with E-state index in [2.05, 4.69) is 24.4 Å². The van der Waals surface area contributed by atoms with Crippen LogP contribution < -0.4 is 5.32 Å². The van der Waals surface area contributed by atoms with Crippen molar-refractivity contribution in [2.24, 2.45) is 5.92 Å². The topological polar surface area (TPSA) is 21.3 Å². The van der Waals surface area contributed by atoms with E-state index >= 15 is 0 Å². The zero-order chi connectivity index (χ0) is 12.1. The zero-order valence-corrected chi connectivity index (χ0v) is 11.0. The lowest BCUT2D eigenvalue weighted by atomic mass is 10.0. The van der Waals surface area contributed by atoms with Crippen molar-refractivity contribution in [1.82, 2.24) is 5.32 Å². The zero-order valence-electron chi connectivity index (χ0n) is 10.3. The molecule has 0 amide bonds. The molecule has 2 rings (SSSR count). The molecule has 1 aromatic rings. The molecule has 0 aromatic heterocycles. The van der Waals surface area contributed by atoms with E-state index in [1.54, 1.807) is 0 Å². The Morgan fingerprint density at radius 2 is 2.18 bits per heavy atom. The maximum absolute atomic E-state index is 5.88. The molecule has 1 saturated heterocycles. The highest BCUT2D eigenvalue weighted by molar-refractivity contribution is 6.30. The average molecular weight is 254 g/mol. The fourth-order valence-corrected chi connectivity index (χ4v) is 2.31. The minimum absolute atomic E-state index is 0.370. The molecule has 17 heavy (non-hydrogen) atoms. The van der Waals surface area contributed by atoms with Crippen molar-refractivity contribution in [3.05, 3.63) is 34.9 Å². The van der Waals surface area contributed by atoms with E-state index in [-0.39, 0.29) is 0 Å². The highest BCUT2D eigenvalue weighted by Gasteiger charge is 2.14. The highest BCUT2D eigenvalue weighted by atomic mass is 35.5. The standard InChI is InChI=1S/C14H20ClNO/c1-11(13-4-6-14(15)7-5-13)16-9-12-3-2-8-17-10-12/h4-7,11-12,16H,2-3,8-10H2,1H3. The minimum atomic E-state index is 0.370. The van der Waals surface area contributed by atoms with Crippen molar-refractivity contribution in [3.63, 3.8) is 0 Å². The fraction of sp³-hybridized carbons (Fsp3) is 0.571. The summed E-state index contributed by atoms with van der Waals surface area (Å²) in [6, 6.07) is 8.42. The van der Waals surface area contributed by atoms with E-state index in [1.807, 2.05) is 12.1 Å². The third-order valence-electron chi connectivity index (χ3n) is 3.34. The lowest BCUT2D eigenvalue weighted by molar-refractivity contribution is 0.0540. The molecule has 2 atom stereocenters. The Morgan fingerprint density at radius 3 is 2.82 bits per heavy atom. The second-order valence-corrected chi connectivity index (χ2v) is 5.20. The normalized spacial score (nSPS) is 22.4. The average Bonchev–Trinajstić information content (AvgIpc) is 2.38. The highest BCUT2D eigenvalue weighted by Crippen LogP contribution is 2.18. The van der Waals surface area contributed by atoms with Gasteiger partial charge in [0.05, 0.1) is 6.61 Å². The van der Waals surface area contributed by atoms with E-state index in [4.69, 9.17) is 16.3 Å². The molecule has 1 aliphatic heterocycles. The van der Waals surface area contributed by atoms with Crippen LogP contribution in [0.3, 0.4) is 0 Å². The molecule has 1 fully saturated rings. The summed E-state index contributed by atoms with van der Waals surface area (Å²) >= 11 is 5.88. The molecule has 0 aliphatic carbocycles. The SMILES string of the molecule is CC(NCC1CCCOC1)c1ccc(Cl)cc1. The molecule has 1 N–H and O–H groups in total. The van der Waals surface area contributed by atoms with Crippen LogP contribution in [0, 0.1) is 5.92 Å². The lowest BCUT2D eigenvalue weighted by Crippen LogP contribution is -2.30. The Kier molecular flexibility index (Phi) is 4.84. The van der Waals surface area contributed by atoms with Crippen LogP contribution in [-0.4, -0.2) is 19.8 Å². The molecule has 3 heteroatoms. The summed E-state index contributed by atoms with van der Waals surface area (Å²) in [5, 5.41) is 4.36. The minimum Gasteiger partial charge on any atom is -0.381 e. The van der Waals surface area contributed by atoms with Crippen LogP contribution in [0.25, 0.3) is 0 Å². The van der Waals surface area contributed by atoms with Crippen LogP contribution >= 0.6 is 11.6 Å². The largest absolute Gasteiger partial charge is 0.381 e. The Balaban J connectivity index is 1.80. The summed E-state index contributed by atoms with van der Waals surface area (Å²) in [6.45, 7) is 5.06. The van der Waals surface area contributed by atoms with Crippen molar-refractivity contribution >= 4 is 11.6 Å². The number of hydrogen-bond acceptors (Lipinski definition) is 2. The van der Waals surface area contributed by atoms with Gasteiger partial charge >= 0.3 is 0 Å². The van der Waals surface area contributed by atoms with Crippen LogP contribution in [0.1, 0.15) is 31.4 Å². The van der Waals surface area contributed by atoms with Gasteiger partial charge in [0.25, 0.3) is 0 Å². The van der Waals surface area contributed by atoms with Gasteiger partial charge in [-0.25, -0.2) is 0 Å². The van der Waals surface area contributed by atoms with Crippen molar-refractivity contribution in [3.8, 4) is 0 Å². The molecule has 0 radical (unpaired) electrons. The molecule has 0 bridgehead atoms. The Hall–Kier alpha value is -0.570. The smallest absolute Gasteiger partial charge is 0.0506 e. The van der Waals surface area contributed by atoms with Crippen LogP contribution in [0.5, 0.6) is 0 Å². The first-order chi connectivity index (χ1) is 8.25. The van der Waals surface area contributed by atoms with Gasteiger partial charge in [-0.2, -0.15) is 0 Å². The molecule has 1 heterocycles. The molecule has 1 aromatic carbocycles. The second-order valence-electron chi connectivity index (χ2n) is 4.76. The first-order valence-electron chi connectivity index (χ1n) is 6.32. The number of benzene rings is 1. The summed E-state index contributed by atoms with van der Waals surface area (Å²) in [6.07, 6.45) is 2.47. The Bertz CT molecular complexity index is 333. The van der Waals surface area contributed by atoms with E-state index in [0.29, 0.717) is 12.0 Å². The van der Waals surface area contributed by atoms with E-state index in [1.165, 1.54) is 18.4 Å². The first kappa shape index (κ1) is 12.9. The van der Waals surface area contributed by atoms with E-state index in [9.17, 15) is 0 Å². The number of ether oxygens (including phenoxy) is 1. The van der Waals surface area contributed by atoms with Gasteiger partial charge in [-0.15, -0.1) is 0 Å². The van der Waals surface area contributed by atoms with Crippen molar-refractivity contribution in [2.75, 3.05) is 19.8 Å². The second kappa shape index (κ2) is 6.39. The molecule has 2 unspecified atom stereocenters. The summed E-state index contributed by atoms with van der Waals surface area (Å²) in [5.74, 6) is 0.665. The Morgan fingerprint density at radius 1 is 1.41 bits per heavy atom. The van der Waals surface area contributed by atoms with Gasteiger partial charge in [-0.1, -0.05) is 23.7 Å². The lowest BCUT2D eigenvalue weighted by Gasteiger charge is -2.24. The number of nitrogens with one attached hydrogen (secondary N) is 1. The van der Waals surface area contributed by atoms with Crippen molar-refractivity contribution < 1.29 is 4.74 Å². The van der Waals surface area contributed by atoms with Crippen LogP contribution in [-0.2, 0) is 4.74 Å². The van der Waals surface area contributed by atoms with Crippen LogP contribution in [0.2, 0.25) is 5.02 Å². The number of hydrogen-bond donors (Lipinski definition) is 1. The van der Waals surface area contributed by atoms with Crippen molar-refractivity contribution in [2.45, 2.75) is 25.8 Å². The van der Waals surface area contributed by atoms with Gasteiger partial charge in [0.1, 0.15) is 0 Å². The van der Waals surface area contributed by atoms with E-state index < -0.39 is 0 Å². The molecule has 0 spiro atoms. The van der Waals surface area contributed by atoms with Crippen LogP contribution in [0.15, 0.2) is 24.3 Å². The quantitative estimate of drug-likeness (QED) is 0.888. The molecule has 94 valence electrons. The molecular weight excluding hydrogens is 234 g/mol. The van der Waals surface area contributed by atoms with Crippen LogP contribution in [0.4, 0.5) is 0 Å². The molecule has 0 saturated carbocycles. The van der Waals surface area contributed by atoms with E-state index in [0.717, 1.165) is 24.8 Å². The molecule has 1 aliphatic rings. The predicted octanol–water partition coefficient (Wildman–Crippen LogP) is 3.42. The van der Waals surface area contributed by atoms with Gasteiger partial charge < -0.3 is 10.1 Å². The molecular formula is C14H20ClNO. The van der Waals surface area contributed by atoms with Gasteiger partial charge in [0.15, 0.2) is 0 Å². The summed E-state index contributed by atoms with van der Waals surface area (Å²) < 4.78 is 5.48. The number of rotatable bonds is 4. The monoisotopic (exact) mass is 253 g/mol. The van der Waals surface area contributed by atoms with Gasteiger partial charge in [-0.3, -0.25) is 0 Å². The predicted molar refractivity (Wildman–Crippen MR) is 71.4 cm³/mol. The van der Waals surface area contributed by atoms with Gasteiger partial charge in [-0.05, 0) is 43.4 Å². The molecule has 2 nitrogen and oxygen atoms in total.